The first-order valence-corrected chi connectivity index (χ1v) is 15.0. The van der Waals surface area contributed by atoms with Crippen molar-refractivity contribution in [2.45, 2.75) is 57.5 Å². The Morgan fingerprint density at radius 2 is 1.91 bits per heavy atom. The van der Waals surface area contributed by atoms with Crippen LogP contribution in [0.4, 0.5) is 0 Å². The number of aliphatic hydroxyl groups is 1. The summed E-state index contributed by atoms with van der Waals surface area (Å²) in [7, 11) is 0. The van der Waals surface area contributed by atoms with E-state index < -0.39 is 17.9 Å². The quantitative estimate of drug-likeness (QED) is 0.143. The minimum absolute atomic E-state index is 0.0494. The van der Waals surface area contributed by atoms with Crippen LogP contribution >= 0.6 is 0 Å². The van der Waals surface area contributed by atoms with E-state index in [-0.39, 0.29) is 31.4 Å². The number of H-pyrrole nitrogens is 1. The highest BCUT2D eigenvalue weighted by atomic mass is 16.5. The molecule has 1 aliphatic carbocycles. The van der Waals surface area contributed by atoms with E-state index in [1.165, 1.54) is 6.42 Å². The molecule has 2 heterocycles. The molecule has 5 N–H and O–H groups in total. The van der Waals surface area contributed by atoms with Gasteiger partial charge in [0.2, 0.25) is 0 Å². The van der Waals surface area contributed by atoms with Crippen molar-refractivity contribution < 1.29 is 29.6 Å². The highest BCUT2D eigenvalue weighted by molar-refractivity contribution is 6.00. The molecular formula is C34H36N4O6. The summed E-state index contributed by atoms with van der Waals surface area (Å²) in [6.07, 6.45) is 5.59. The Kier molecular flexibility index (Phi) is 8.25. The fourth-order valence-corrected chi connectivity index (χ4v) is 6.32. The van der Waals surface area contributed by atoms with Crippen LogP contribution in [0, 0.1) is 6.92 Å². The van der Waals surface area contributed by atoms with E-state index in [4.69, 9.17) is 9.72 Å². The van der Waals surface area contributed by atoms with Crippen LogP contribution in [-0.4, -0.2) is 61.0 Å². The van der Waals surface area contributed by atoms with Gasteiger partial charge in [-0.15, -0.1) is 0 Å². The summed E-state index contributed by atoms with van der Waals surface area (Å²) in [5, 5.41) is 32.6. The van der Waals surface area contributed by atoms with Crippen molar-refractivity contribution in [2.24, 2.45) is 0 Å². The number of carbonyl (C=O) groups is 2. The lowest BCUT2D eigenvalue weighted by molar-refractivity contribution is -0.139. The molecule has 228 valence electrons. The molecule has 10 heteroatoms. The van der Waals surface area contributed by atoms with Crippen molar-refractivity contribution in [3.63, 3.8) is 0 Å². The number of amides is 1. The third-order valence-electron chi connectivity index (χ3n) is 8.46. The second kappa shape index (κ2) is 12.4. The second-order valence-electron chi connectivity index (χ2n) is 11.4. The molecule has 0 bridgehead atoms. The van der Waals surface area contributed by atoms with E-state index in [1.807, 2.05) is 37.3 Å². The standard InChI is InChI=1S/C34H36N4O6/c1-20-26(27-18-24(40)11-12-28(27)35-20)19-30(34(42)43)37-33(41)22-10-13-31-29(17-22)36-32(38(31)23-7-3-2-4-8-23)21-6-5-9-25(16-21)44-15-14-39/h5-6,9-13,16-18,23,30,35,39-40H,2-4,7-8,14-15,19H2,1H3,(H,37,41)(H,42,43)/t30-/m0/s1. The van der Waals surface area contributed by atoms with Crippen molar-refractivity contribution >= 4 is 33.8 Å². The average Bonchev–Trinajstić information content (AvgIpc) is 3.56. The van der Waals surface area contributed by atoms with Crippen LogP contribution in [0.5, 0.6) is 11.5 Å². The number of aliphatic hydroxyl groups excluding tert-OH is 1. The number of hydrogen-bond donors (Lipinski definition) is 5. The number of ether oxygens (including phenoxy) is 1. The van der Waals surface area contributed by atoms with Crippen LogP contribution in [0.25, 0.3) is 33.3 Å². The molecular weight excluding hydrogens is 560 g/mol. The van der Waals surface area contributed by atoms with Crippen molar-refractivity contribution in [3.8, 4) is 22.9 Å². The van der Waals surface area contributed by atoms with Crippen LogP contribution in [0.1, 0.15) is 59.8 Å². The number of rotatable bonds is 10. The maximum absolute atomic E-state index is 13.4. The fourth-order valence-electron chi connectivity index (χ4n) is 6.32. The van der Waals surface area contributed by atoms with E-state index in [0.717, 1.165) is 64.7 Å². The number of benzene rings is 3. The summed E-state index contributed by atoms with van der Waals surface area (Å²) in [4.78, 5) is 33.9. The molecule has 1 fully saturated rings. The maximum atomic E-state index is 13.4. The minimum atomic E-state index is -1.18. The Labute approximate surface area is 254 Å². The Bertz CT molecular complexity index is 1830. The number of phenols is 1. The van der Waals surface area contributed by atoms with E-state index in [0.29, 0.717) is 16.8 Å². The molecule has 1 aliphatic rings. The molecule has 1 amide bonds. The summed E-state index contributed by atoms with van der Waals surface area (Å²) < 4.78 is 7.92. The van der Waals surface area contributed by atoms with Crippen LogP contribution in [0.3, 0.4) is 0 Å². The summed E-state index contributed by atoms with van der Waals surface area (Å²) in [5.41, 5.74) is 5.03. The molecule has 5 aromatic rings. The van der Waals surface area contributed by atoms with Crippen LogP contribution < -0.4 is 10.1 Å². The third kappa shape index (κ3) is 5.85. The van der Waals surface area contributed by atoms with Gasteiger partial charge < -0.3 is 34.9 Å². The average molecular weight is 597 g/mol. The summed E-state index contributed by atoms with van der Waals surface area (Å²) in [6.45, 7) is 1.96. The van der Waals surface area contributed by atoms with Gasteiger partial charge in [0.25, 0.3) is 5.91 Å². The molecule has 0 aliphatic heterocycles. The van der Waals surface area contributed by atoms with E-state index in [2.05, 4.69) is 14.9 Å². The highest BCUT2D eigenvalue weighted by Crippen LogP contribution is 2.37. The van der Waals surface area contributed by atoms with Crippen molar-refractivity contribution in [1.29, 1.82) is 0 Å². The van der Waals surface area contributed by atoms with Crippen LogP contribution in [-0.2, 0) is 11.2 Å². The molecule has 6 rings (SSSR count). The molecule has 0 radical (unpaired) electrons. The molecule has 0 spiro atoms. The largest absolute Gasteiger partial charge is 0.508 e. The molecule has 3 aromatic carbocycles. The zero-order valence-electron chi connectivity index (χ0n) is 24.5. The lowest BCUT2D eigenvalue weighted by atomic mass is 9.94. The molecule has 10 nitrogen and oxygen atoms in total. The van der Waals surface area contributed by atoms with Gasteiger partial charge in [0, 0.05) is 40.2 Å². The van der Waals surface area contributed by atoms with Gasteiger partial charge in [-0.3, -0.25) is 4.79 Å². The zero-order chi connectivity index (χ0) is 30.8. The Morgan fingerprint density at radius 3 is 2.68 bits per heavy atom. The van der Waals surface area contributed by atoms with E-state index in [9.17, 15) is 24.9 Å². The van der Waals surface area contributed by atoms with Gasteiger partial charge in [-0.1, -0.05) is 31.4 Å². The smallest absolute Gasteiger partial charge is 0.326 e. The summed E-state index contributed by atoms with van der Waals surface area (Å²) >= 11 is 0. The second-order valence-corrected chi connectivity index (χ2v) is 11.4. The monoisotopic (exact) mass is 596 g/mol. The van der Waals surface area contributed by atoms with Crippen molar-refractivity contribution in [1.82, 2.24) is 19.9 Å². The van der Waals surface area contributed by atoms with Gasteiger partial charge in [0.05, 0.1) is 17.6 Å². The Morgan fingerprint density at radius 1 is 1.09 bits per heavy atom. The van der Waals surface area contributed by atoms with Gasteiger partial charge in [0.15, 0.2) is 0 Å². The number of carboxylic acid groups (broad SMARTS) is 1. The number of aromatic amines is 1. The summed E-state index contributed by atoms with van der Waals surface area (Å²) in [5.74, 6) is -0.161. The Balaban J connectivity index is 1.32. The lowest BCUT2D eigenvalue weighted by Crippen LogP contribution is -2.42. The SMILES string of the molecule is Cc1[nH]c2ccc(O)cc2c1C[C@H](NC(=O)c1ccc2c(c1)nc(-c1cccc(OCCO)c1)n2C1CCCCC1)C(=O)O. The number of imidazole rings is 1. The predicted molar refractivity (Wildman–Crippen MR) is 167 cm³/mol. The van der Waals surface area contributed by atoms with Crippen LogP contribution in [0.15, 0.2) is 60.7 Å². The van der Waals surface area contributed by atoms with E-state index >= 15 is 0 Å². The first-order valence-electron chi connectivity index (χ1n) is 15.0. The van der Waals surface area contributed by atoms with Gasteiger partial charge in [-0.2, -0.15) is 0 Å². The minimum Gasteiger partial charge on any atom is -0.508 e. The number of aliphatic carboxylic acids is 1. The molecule has 1 atom stereocenters. The van der Waals surface area contributed by atoms with E-state index in [1.54, 1.807) is 30.3 Å². The van der Waals surface area contributed by atoms with Crippen molar-refractivity contribution in [3.05, 3.63) is 77.5 Å². The zero-order valence-corrected chi connectivity index (χ0v) is 24.5. The first-order chi connectivity index (χ1) is 21.3. The topological polar surface area (TPSA) is 150 Å². The number of hydrogen-bond acceptors (Lipinski definition) is 6. The maximum Gasteiger partial charge on any atom is 0.326 e. The van der Waals surface area contributed by atoms with Gasteiger partial charge in [-0.25, -0.2) is 9.78 Å². The molecule has 1 saturated carbocycles. The third-order valence-corrected chi connectivity index (χ3v) is 8.46. The molecule has 2 aromatic heterocycles. The molecule has 0 saturated heterocycles. The lowest BCUT2D eigenvalue weighted by Gasteiger charge is -2.25. The molecule has 44 heavy (non-hydrogen) atoms. The van der Waals surface area contributed by atoms with Gasteiger partial charge >= 0.3 is 5.97 Å². The number of aromatic nitrogens is 3. The van der Waals surface area contributed by atoms with Crippen LogP contribution in [0.2, 0.25) is 0 Å². The highest BCUT2D eigenvalue weighted by Gasteiger charge is 2.26. The number of aryl methyl sites for hydroxylation is 1. The Hall–Kier alpha value is -4.83. The fraction of sp³-hybridized carbons (Fsp3) is 0.324. The normalized spacial score (nSPS) is 14.6. The summed E-state index contributed by atoms with van der Waals surface area (Å²) in [6, 6.07) is 16.9. The number of nitrogens with zero attached hydrogens (tertiary/aromatic N) is 2. The number of fused-ring (bicyclic) bond motifs is 2. The number of carboxylic acids is 1. The number of aromatic hydroxyl groups is 1. The number of carbonyl (C=O) groups excluding carboxylic acids is 1. The predicted octanol–water partition coefficient (Wildman–Crippen LogP) is 5.50. The van der Waals surface area contributed by atoms with Gasteiger partial charge in [-0.05, 0) is 73.9 Å². The van der Waals surface area contributed by atoms with Gasteiger partial charge in [0.1, 0.15) is 30.0 Å². The number of nitrogens with one attached hydrogen (secondary N) is 2. The van der Waals surface area contributed by atoms with Crippen molar-refractivity contribution in [2.75, 3.05) is 13.2 Å². The first kappa shape index (κ1) is 29.3. The number of phenolic OH excluding ortho intramolecular Hbond substituents is 1. The molecule has 0 unspecified atom stereocenters.